The molecule has 2 aromatic rings. The number of hydrogen-bond acceptors (Lipinski definition) is 7. The number of morpholine rings is 1. The van der Waals surface area contributed by atoms with Crippen LogP contribution in [0.5, 0.6) is 11.5 Å². The third kappa shape index (κ3) is 3.14. The predicted molar refractivity (Wildman–Crippen MR) is 106 cm³/mol. The summed E-state index contributed by atoms with van der Waals surface area (Å²) in [4.78, 5) is 30.7. The average Bonchev–Trinajstić information content (AvgIpc) is 3.34. The molecule has 3 heterocycles. The lowest BCUT2D eigenvalue weighted by Crippen LogP contribution is -2.40. The summed E-state index contributed by atoms with van der Waals surface area (Å²) in [6, 6.07) is 8.75. The average molecular weight is 400 g/mol. The van der Waals surface area contributed by atoms with Crippen LogP contribution in [0.2, 0.25) is 0 Å². The Kier molecular flexibility index (Phi) is 5.06. The Morgan fingerprint density at radius 3 is 2.25 bits per heavy atom. The molecule has 4 rings (SSSR count). The molecule has 0 radical (unpaired) electrons. The predicted octanol–water partition coefficient (Wildman–Crippen LogP) is 2.38. The summed E-state index contributed by atoms with van der Waals surface area (Å²) >= 11 is 1.44. The molecule has 0 atom stereocenters. The second kappa shape index (κ2) is 7.65. The SMILES string of the molecule is COc1cc(OC)cc(N2C(=O)C(c3cccs3)=C(N3CCOCC3)C2=O)c1. The van der Waals surface area contributed by atoms with Crippen LogP contribution in [0.15, 0.2) is 41.4 Å². The first-order valence-electron chi connectivity index (χ1n) is 8.86. The molecular weight excluding hydrogens is 380 g/mol. The fraction of sp³-hybridized carbons (Fsp3) is 0.300. The number of benzene rings is 1. The van der Waals surface area contributed by atoms with E-state index in [0.29, 0.717) is 54.8 Å². The van der Waals surface area contributed by atoms with Crippen molar-refractivity contribution in [2.75, 3.05) is 45.4 Å². The van der Waals surface area contributed by atoms with Crippen LogP contribution in [0.1, 0.15) is 4.88 Å². The minimum atomic E-state index is -0.343. The molecule has 2 amide bonds. The van der Waals surface area contributed by atoms with E-state index >= 15 is 0 Å². The van der Waals surface area contributed by atoms with Gasteiger partial charge in [-0.15, -0.1) is 11.3 Å². The van der Waals surface area contributed by atoms with Crippen LogP contribution in [-0.4, -0.2) is 57.2 Å². The number of methoxy groups -OCH3 is 2. The number of hydrogen-bond donors (Lipinski definition) is 0. The van der Waals surface area contributed by atoms with Gasteiger partial charge in [0.1, 0.15) is 17.2 Å². The van der Waals surface area contributed by atoms with Gasteiger partial charge in [0.25, 0.3) is 11.8 Å². The molecule has 1 saturated heterocycles. The van der Waals surface area contributed by atoms with Crippen LogP contribution in [-0.2, 0) is 14.3 Å². The maximum Gasteiger partial charge on any atom is 0.282 e. The van der Waals surface area contributed by atoms with Gasteiger partial charge in [-0.25, -0.2) is 4.90 Å². The Bertz CT molecular complexity index is 910. The largest absolute Gasteiger partial charge is 0.497 e. The fourth-order valence-corrected chi connectivity index (χ4v) is 4.16. The highest BCUT2D eigenvalue weighted by molar-refractivity contribution is 7.11. The van der Waals surface area contributed by atoms with Gasteiger partial charge in [-0.2, -0.15) is 0 Å². The van der Waals surface area contributed by atoms with Crippen molar-refractivity contribution in [3.8, 4) is 11.5 Å². The van der Waals surface area contributed by atoms with E-state index in [-0.39, 0.29) is 11.8 Å². The summed E-state index contributed by atoms with van der Waals surface area (Å²) in [5.41, 5.74) is 1.28. The van der Waals surface area contributed by atoms with Crippen molar-refractivity contribution >= 4 is 34.4 Å². The first-order valence-corrected chi connectivity index (χ1v) is 9.74. The maximum atomic E-state index is 13.4. The molecule has 2 aliphatic rings. The number of rotatable bonds is 5. The molecule has 8 heteroatoms. The quantitative estimate of drug-likeness (QED) is 0.718. The van der Waals surface area contributed by atoms with Crippen molar-refractivity contribution in [2.24, 2.45) is 0 Å². The van der Waals surface area contributed by atoms with Gasteiger partial charge in [0.2, 0.25) is 0 Å². The van der Waals surface area contributed by atoms with Crippen LogP contribution in [0.25, 0.3) is 5.57 Å². The lowest BCUT2D eigenvalue weighted by molar-refractivity contribution is -0.121. The Balaban J connectivity index is 1.81. The highest BCUT2D eigenvalue weighted by atomic mass is 32.1. The molecule has 2 aliphatic heterocycles. The molecule has 1 aromatic heterocycles. The molecule has 0 N–H and O–H groups in total. The number of anilines is 1. The van der Waals surface area contributed by atoms with Crippen LogP contribution < -0.4 is 14.4 Å². The standard InChI is InChI=1S/C20H20N2O5S/c1-25-14-10-13(11-15(12-14)26-2)22-19(23)17(16-4-3-9-28-16)18(20(22)24)21-5-7-27-8-6-21/h3-4,9-12H,5-8H2,1-2H3. The van der Waals surface area contributed by atoms with E-state index in [4.69, 9.17) is 14.2 Å². The van der Waals surface area contributed by atoms with Crippen molar-refractivity contribution in [1.29, 1.82) is 0 Å². The van der Waals surface area contributed by atoms with Crippen LogP contribution >= 0.6 is 11.3 Å². The zero-order chi connectivity index (χ0) is 19.7. The van der Waals surface area contributed by atoms with E-state index in [0.717, 1.165) is 4.88 Å². The maximum absolute atomic E-state index is 13.4. The molecule has 1 aromatic carbocycles. The number of amides is 2. The molecule has 0 unspecified atom stereocenters. The molecule has 1 fully saturated rings. The smallest absolute Gasteiger partial charge is 0.282 e. The Labute approximate surface area is 166 Å². The van der Waals surface area contributed by atoms with Crippen molar-refractivity contribution in [2.45, 2.75) is 0 Å². The van der Waals surface area contributed by atoms with Gasteiger partial charge in [0, 0.05) is 36.2 Å². The Morgan fingerprint density at radius 2 is 1.68 bits per heavy atom. The van der Waals surface area contributed by atoms with Gasteiger partial charge in [-0.3, -0.25) is 9.59 Å². The first-order chi connectivity index (χ1) is 13.6. The highest BCUT2D eigenvalue weighted by Crippen LogP contribution is 2.38. The zero-order valence-electron chi connectivity index (χ0n) is 15.6. The van der Waals surface area contributed by atoms with E-state index < -0.39 is 0 Å². The van der Waals surface area contributed by atoms with Gasteiger partial charge >= 0.3 is 0 Å². The Morgan fingerprint density at radius 1 is 1.00 bits per heavy atom. The summed E-state index contributed by atoms with van der Waals surface area (Å²) in [5.74, 6) is 0.328. The second-order valence-corrected chi connectivity index (χ2v) is 7.26. The number of carbonyl (C=O) groups is 2. The summed E-state index contributed by atoms with van der Waals surface area (Å²) in [6.07, 6.45) is 0. The molecule has 28 heavy (non-hydrogen) atoms. The monoisotopic (exact) mass is 400 g/mol. The van der Waals surface area contributed by atoms with Gasteiger partial charge < -0.3 is 19.1 Å². The van der Waals surface area contributed by atoms with Gasteiger partial charge in [-0.05, 0) is 11.4 Å². The second-order valence-electron chi connectivity index (χ2n) is 6.32. The van der Waals surface area contributed by atoms with Crippen molar-refractivity contribution in [1.82, 2.24) is 4.90 Å². The lowest BCUT2D eigenvalue weighted by Gasteiger charge is -2.29. The van der Waals surface area contributed by atoms with Gasteiger partial charge in [0.15, 0.2) is 0 Å². The molecule has 0 saturated carbocycles. The minimum absolute atomic E-state index is 0.342. The van der Waals surface area contributed by atoms with E-state index in [1.54, 1.807) is 18.2 Å². The normalized spacial score (nSPS) is 17.5. The lowest BCUT2D eigenvalue weighted by atomic mass is 10.1. The fourth-order valence-electron chi connectivity index (χ4n) is 3.40. The van der Waals surface area contributed by atoms with Crippen LogP contribution in [0, 0.1) is 0 Å². The van der Waals surface area contributed by atoms with E-state index in [2.05, 4.69) is 0 Å². The van der Waals surface area contributed by atoms with Crippen LogP contribution in [0.3, 0.4) is 0 Å². The van der Waals surface area contributed by atoms with Crippen LogP contribution in [0.4, 0.5) is 5.69 Å². The van der Waals surface area contributed by atoms with E-state index in [1.807, 2.05) is 22.4 Å². The zero-order valence-corrected chi connectivity index (χ0v) is 16.5. The Hall–Kier alpha value is -2.84. The number of imide groups is 1. The molecule has 146 valence electrons. The third-order valence-electron chi connectivity index (χ3n) is 4.75. The van der Waals surface area contributed by atoms with Crippen molar-refractivity contribution in [3.63, 3.8) is 0 Å². The molecule has 0 bridgehead atoms. The van der Waals surface area contributed by atoms with E-state index in [9.17, 15) is 9.59 Å². The number of ether oxygens (including phenoxy) is 3. The molecule has 0 spiro atoms. The summed E-state index contributed by atoms with van der Waals surface area (Å²) in [5, 5.41) is 1.90. The van der Waals surface area contributed by atoms with Crippen molar-refractivity contribution < 1.29 is 23.8 Å². The molecular formula is C20H20N2O5S. The van der Waals surface area contributed by atoms with E-state index in [1.165, 1.54) is 30.5 Å². The molecule has 7 nitrogen and oxygen atoms in total. The summed E-state index contributed by atoms with van der Waals surface area (Å²) < 4.78 is 16.0. The first kappa shape index (κ1) is 18.5. The number of nitrogens with zero attached hydrogens (tertiary/aromatic N) is 2. The summed E-state index contributed by atoms with van der Waals surface area (Å²) in [6.45, 7) is 2.18. The highest BCUT2D eigenvalue weighted by Gasteiger charge is 2.43. The topological polar surface area (TPSA) is 68.3 Å². The number of thiophene rings is 1. The van der Waals surface area contributed by atoms with Gasteiger partial charge in [-0.1, -0.05) is 6.07 Å². The molecule has 0 aliphatic carbocycles. The van der Waals surface area contributed by atoms with Crippen molar-refractivity contribution in [3.05, 3.63) is 46.3 Å². The minimum Gasteiger partial charge on any atom is -0.497 e. The van der Waals surface area contributed by atoms with Gasteiger partial charge in [0.05, 0.1) is 38.7 Å². The summed E-state index contributed by atoms with van der Waals surface area (Å²) in [7, 11) is 3.06. The number of carbonyl (C=O) groups excluding carboxylic acids is 2. The third-order valence-corrected chi connectivity index (χ3v) is 5.64.